The number of ether oxygens (including phenoxy) is 1. The summed E-state index contributed by atoms with van der Waals surface area (Å²) in [5.74, 6) is 0. The van der Waals surface area contributed by atoms with E-state index in [0.29, 0.717) is 10.9 Å². The van der Waals surface area contributed by atoms with Crippen LogP contribution >= 0.6 is 27.5 Å². The Balaban J connectivity index is 1.96. The van der Waals surface area contributed by atoms with Gasteiger partial charge in [-0.25, -0.2) is 0 Å². The minimum Gasteiger partial charge on any atom is -0.377 e. The fourth-order valence-electron chi connectivity index (χ4n) is 1.96. The van der Waals surface area contributed by atoms with Gasteiger partial charge in [0.15, 0.2) is 0 Å². The molecule has 2 nitrogen and oxygen atoms in total. The van der Waals surface area contributed by atoms with Gasteiger partial charge >= 0.3 is 0 Å². The Kier molecular flexibility index (Phi) is 4.62. The largest absolute Gasteiger partial charge is 0.377 e. The van der Waals surface area contributed by atoms with Gasteiger partial charge < -0.3 is 4.74 Å². The van der Waals surface area contributed by atoms with Crippen LogP contribution in [-0.2, 0) is 11.2 Å². The van der Waals surface area contributed by atoms with Gasteiger partial charge in [0, 0.05) is 23.8 Å². The van der Waals surface area contributed by atoms with Gasteiger partial charge in [0.05, 0.1) is 11.1 Å². The molecule has 2 unspecified atom stereocenters. The van der Waals surface area contributed by atoms with E-state index in [2.05, 4.69) is 20.9 Å². The van der Waals surface area contributed by atoms with Crippen molar-refractivity contribution in [3.8, 4) is 0 Å². The number of pyridine rings is 1. The number of rotatable bonds is 3. The van der Waals surface area contributed by atoms with Crippen molar-refractivity contribution in [2.24, 2.45) is 0 Å². The molecule has 1 aliphatic heterocycles. The molecule has 2 atom stereocenters. The summed E-state index contributed by atoms with van der Waals surface area (Å²) < 4.78 is 5.75. The SMILES string of the molecule is Clc1cnccc1CC(Br)C1CCCCO1. The molecule has 0 bridgehead atoms. The van der Waals surface area contributed by atoms with Gasteiger partial charge in [-0.1, -0.05) is 27.5 Å². The Morgan fingerprint density at radius 1 is 1.56 bits per heavy atom. The molecule has 16 heavy (non-hydrogen) atoms. The average molecular weight is 305 g/mol. The summed E-state index contributed by atoms with van der Waals surface area (Å²) in [5.41, 5.74) is 1.13. The first kappa shape index (κ1) is 12.3. The van der Waals surface area contributed by atoms with Gasteiger partial charge in [-0.05, 0) is 37.3 Å². The van der Waals surface area contributed by atoms with E-state index in [4.69, 9.17) is 16.3 Å². The molecule has 2 heterocycles. The van der Waals surface area contributed by atoms with Crippen LogP contribution in [0.5, 0.6) is 0 Å². The van der Waals surface area contributed by atoms with Crippen LogP contribution in [0.3, 0.4) is 0 Å². The van der Waals surface area contributed by atoms with E-state index >= 15 is 0 Å². The molecule has 0 N–H and O–H groups in total. The lowest BCUT2D eigenvalue weighted by atomic mass is 10.0. The molecule has 0 radical (unpaired) electrons. The summed E-state index contributed by atoms with van der Waals surface area (Å²) >= 11 is 9.79. The van der Waals surface area contributed by atoms with Crippen molar-refractivity contribution in [2.45, 2.75) is 36.6 Å². The Bertz CT molecular complexity index is 342. The third-order valence-electron chi connectivity index (χ3n) is 2.89. The Hall–Kier alpha value is -0.120. The smallest absolute Gasteiger partial charge is 0.0703 e. The number of halogens is 2. The highest BCUT2D eigenvalue weighted by Gasteiger charge is 2.22. The van der Waals surface area contributed by atoms with E-state index in [1.54, 1.807) is 12.4 Å². The number of hydrogen-bond acceptors (Lipinski definition) is 2. The van der Waals surface area contributed by atoms with E-state index in [1.165, 1.54) is 12.8 Å². The first-order chi connectivity index (χ1) is 7.77. The number of hydrogen-bond donors (Lipinski definition) is 0. The number of nitrogens with zero attached hydrogens (tertiary/aromatic N) is 1. The van der Waals surface area contributed by atoms with Crippen molar-refractivity contribution in [3.05, 3.63) is 29.0 Å². The predicted molar refractivity (Wildman–Crippen MR) is 69.3 cm³/mol. The van der Waals surface area contributed by atoms with E-state index < -0.39 is 0 Å². The molecule has 1 fully saturated rings. The van der Waals surface area contributed by atoms with E-state index in [0.717, 1.165) is 30.0 Å². The lowest BCUT2D eigenvalue weighted by Crippen LogP contribution is -2.29. The number of alkyl halides is 1. The first-order valence-corrected chi connectivity index (χ1v) is 6.91. The van der Waals surface area contributed by atoms with Gasteiger partial charge in [0.25, 0.3) is 0 Å². The fraction of sp³-hybridized carbons (Fsp3) is 0.583. The minimum atomic E-state index is 0.318. The van der Waals surface area contributed by atoms with Crippen molar-refractivity contribution in [3.63, 3.8) is 0 Å². The van der Waals surface area contributed by atoms with Crippen molar-refractivity contribution in [2.75, 3.05) is 6.61 Å². The normalized spacial score (nSPS) is 23.0. The van der Waals surface area contributed by atoms with Gasteiger partial charge in [-0.3, -0.25) is 4.98 Å². The van der Waals surface area contributed by atoms with Crippen LogP contribution in [-0.4, -0.2) is 22.5 Å². The van der Waals surface area contributed by atoms with Crippen LogP contribution in [0.4, 0.5) is 0 Å². The monoisotopic (exact) mass is 303 g/mol. The fourth-order valence-corrected chi connectivity index (χ4v) is 2.92. The van der Waals surface area contributed by atoms with E-state index in [1.807, 2.05) is 6.07 Å². The maximum absolute atomic E-state index is 6.08. The molecule has 88 valence electrons. The summed E-state index contributed by atoms with van der Waals surface area (Å²) in [6, 6.07) is 1.97. The highest BCUT2D eigenvalue weighted by molar-refractivity contribution is 9.09. The third kappa shape index (κ3) is 3.19. The summed E-state index contributed by atoms with van der Waals surface area (Å²) in [4.78, 5) is 4.33. The predicted octanol–water partition coefficient (Wildman–Crippen LogP) is 3.61. The summed E-state index contributed by atoms with van der Waals surface area (Å²) in [6.07, 6.45) is 8.27. The molecule has 0 aromatic carbocycles. The third-order valence-corrected chi connectivity index (χ3v) is 4.14. The van der Waals surface area contributed by atoms with Crippen LogP contribution in [0.15, 0.2) is 18.5 Å². The maximum atomic E-state index is 6.08. The van der Waals surface area contributed by atoms with Crippen molar-refractivity contribution >= 4 is 27.5 Å². The summed E-state index contributed by atoms with van der Waals surface area (Å²) in [6.45, 7) is 0.886. The van der Waals surface area contributed by atoms with Gasteiger partial charge in [0.2, 0.25) is 0 Å². The summed E-state index contributed by atoms with van der Waals surface area (Å²) in [7, 11) is 0. The molecule has 1 aliphatic rings. The average Bonchev–Trinajstić information content (AvgIpc) is 2.33. The van der Waals surface area contributed by atoms with E-state index in [9.17, 15) is 0 Å². The van der Waals surface area contributed by atoms with Gasteiger partial charge in [-0.15, -0.1) is 0 Å². The van der Waals surface area contributed by atoms with Gasteiger partial charge in [-0.2, -0.15) is 0 Å². The van der Waals surface area contributed by atoms with Gasteiger partial charge in [0.1, 0.15) is 0 Å². The first-order valence-electron chi connectivity index (χ1n) is 5.61. The molecule has 0 amide bonds. The zero-order valence-corrected chi connectivity index (χ0v) is 11.4. The molecule has 0 saturated carbocycles. The second-order valence-corrected chi connectivity index (χ2v) is 5.68. The maximum Gasteiger partial charge on any atom is 0.0703 e. The summed E-state index contributed by atoms with van der Waals surface area (Å²) in [5, 5.41) is 0.739. The van der Waals surface area contributed by atoms with Crippen LogP contribution in [0.2, 0.25) is 5.02 Å². The molecule has 1 saturated heterocycles. The Morgan fingerprint density at radius 2 is 2.44 bits per heavy atom. The molecule has 2 rings (SSSR count). The zero-order chi connectivity index (χ0) is 11.4. The van der Waals surface area contributed by atoms with Crippen LogP contribution < -0.4 is 0 Å². The van der Waals surface area contributed by atoms with Crippen LogP contribution in [0.1, 0.15) is 24.8 Å². The quantitative estimate of drug-likeness (QED) is 0.796. The lowest BCUT2D eigenvalue weighted by Gasteiger charge is -2.27. The molecule has 4 heteroatoms. The Labute approximate surface area is 109 Å². The van der Waals surface area contributed by atoms with Crippen molar-refractivity contribution in [1.82, 2.24) is 4.98 Å². The van der Waals surface area contributed by atoms with E-state index in [-0.39, 0.29) is 0 Å². The lowest BCUT2D eigenvalue weighted by molar-refractivity contribution is 0.0164. The molecule has 0 spiro atoms. The molecule has 0 aliphatic carbocycles. The molecular weight excluding hydrogens is 289 g/mol. The number of aromatic nitrogens is 1. The standard InChI is InChI=1S/C12H15BrClNO/c13-10(12-3-1-2-6-16-12)7-9-4-5-15-8-11(9)14/h4-5,8,10,12H,1-3,6-7H2. The molecule has 1 aromatic rings. The topological polar surface area (TPSA) is 22.1 Å². The van der Waals surface area contributed by atoms with Crippen molar-refractivity contribution < 1.29 is 4.74 Å². The zero-order valence-electron chi connectivity index (χ0n) is 9.03. The second kappa shape index (κ2) is 5.99. The highest BCUT2D eigenvalue weighted by Crippen LogP contribution is 2.25. The highest BCUT2D eigenvalue weighted by atomic mass is 79.9. The Morgan fingerprint density at radius 3 is 3.12 bits per heavy atom. The molecule has 1 aromatic heterocycles. The van der Waals surface area contributed by atoms with Crippen LogP contribution in [0, 0.1) is 0 Å². The van der Waals surface area contributed by atoms with Crippen LogP contribution in [0.25, 0.3) is 0 Å². The minimum absolute atomic E-state index is 0.318. The van der Waals surface area contributed by atoms with Crippen molar-refractivity contribution in [1.29, 1.82) is 0 Å². The molecular formula is C12H15BrClNO. The second-order valence-electron chi connectivity index (χ2n) is 4.09.